The molecule has 1 amide bonds. The Kier molecular flexibility index (Phi) is 6.52. The van der Waals surface area contributed by atoms with Crippen LogP contribution in [0.4, 0.5) is 17.1 Å². The van der Waals surface area contributed by atoms with E-state index in [1.165, 1.54) is 19.2 Å². The molecule has 0 aliphatic carbocycles. The van der Waals surface area contributed by atoms with E-state index in [0.29, 0.717) is 29.8 Å². The molecule has 2 N–H and O–H groups in total. The molecule has 0 radical (unpaired) electrons. The number of nitrogens with zero attached hydrogens (tertiary/aromatic N) is 1. The molecule has 0 bridgehead atoms. The molecule has 0 heterocycles. The van der Waals surface area contributed by atoms with Gasteiger partial charge in [-0.1, -0.05) is 19.3 Å². The van der Waals surface area contributed by atoms with Crippen molar-refractivity contribution in [1.29, 1.82) is 0 Å². The van der Waals surface area contributed by atoms with Crippen molar-refractivity contribution in [1.82, 2.24) is 5.48 Å². The van der Waals surface area contributed by atoms with E-state index in [9.17, 15) is 14.9 Å². The standard InChI is InChI=1S/C20H21N3O4/c1-5-7-15-18(23(25)26)11-9-16(20(24)22-27-4)19(15)21-17-10-8-14(6-2)12-13(17)3/h2,8-12,21H,5,7H2,1,3-4H3,(H,22,24). The number of terminal acetylenes is 1. The van der Waals surface area contributed by atoms with Crippen LogP contribution in [0.1, 0.15) is 40.4 Å². The number of aryl methyl sites for hydroxylation is 1. The number of carbonyl (C=O) groups excluding carboxylic acids is 1. The van der Waals surface area contributed by atoms with Crippen molar-refractivity contribution in [2.45, 2.75) is 26.7 Å². The Morgan fingerprint density at radius 3 is 2.63 bits per heavy atom. The maximum atomic E-state index is 12.4. The van der Waals surface area contributed by atoms with Gasteiger partial charge in [0.25, 0.3) is 11.6 Å². The van der Waals surface area contributed by atoms with Gasteiger partial charge >= 0.3 is 0 Å². The molecular weight excluding hydrogens is 346 g/mol. The van der Waals surface area contributed by atoms with Crippen LogP contribution in [0.5, 0.6) is 0 Å². The van der Waals surface area contributed by atoms with Gasteiger partial charge in [-0.05, 0) is 43.2 Å². The van der Waals surface area contributed by atoms with E-state index in [4.69, 9.17) is 11.3 Å². The Morgan fingerprint density at radius 1 is 1.33 bits per heavy atom. The maximum absolute atomic E-state index is 12.4. The molecule has 0 unspecified atom stereocenters. The molecule has 0 saturated heterocycles. The summed E-state index contributed by atoms with van der Waals surface area (Å²) < 4.78 is 0. The molecule has 2 aromatic carbocycles. The van der Waals surface area contributed by atoms with Crippen molar-refractivity contribution >= 4 is 23.0 Å². The van der Waals surface area contributed by atoms with E-state index in [2.05, 4.69) is 16.7 Å². The van der Waals surface area contributed by atoms with Crippen LogP contribution < -0.4 is 10.8 Å². The van der Waals surface area contributed by atoms with Gasteiger partial charge in [-0.3, -0.25) is 19.7 Å². The summed E-state index contributed by atoms with van der Waals surface area (Å²) in [5.41, 5.74) is 5.63. The number of hydrogen-bond acceptors (Lipinski definition) is 5. The predicted molar refractivity (Wildman–Crippen MR) is 104 cm³/mol. The number of carbonyl (C=O) groups is 1. The summed E-state index contributed by atoms with van der Waals surface area (Å²) in [5.74, 6) is 2.07. The summed E-state index contributed by atoms with van der Waals surface area (Å²) in [4.78, 5) is 28.2. The molecule has 7 heteroatoms. The van der Waals surface area contributed by atoms with Gasteiger partial charge in [-0.25, -0.2) is 5.48 Å². The molecule has 27 heavy (non-hydrogen) atoms. The number of nitrogens with one attached hydrogen (secondary N) is 2. The van der Waals surface area contributed by atoms with E-state index in [1.807, 2.05) is 19.9 Å². The molecule has 0 spiro atoms. The van der Waals surface area contributed by atoms with E-state index in [-0.39, 0.29) is 11.3 Å². The van der Waals surface area contributed by atoms with E-state index < -0.39 is 10.8 Å². The Hall–Kier alpha value is -3.37. The first kappa shape index (κ1) is 19.9. The molecular formula is C20H21N3O4. The first-order valence-electron chi connectivity index (χ1n) is 8.40. The summed E-state index contributed by atoms with van der Waals surface area (Å²) >= 11 is 0. The molecule has 0 aliphatic rings. The minimum atomic E-state index is -0.495. The van der Waals surface area contributed by atoms with Crippen LogP contribution in [0.3, 0.4) is 0 Å². The van der Waals surface area contributed by atoms with Crippen LogP contribution in [0.15, 0.2) is 30.3 Å². The Morgan fingerprint density at radius 2 is 2.07 bits per heavy atom. The highest BCUT2D eigenvalue weighted by atomic mass is 16.6. The largest absolute Gasteiger partial charge is 0.354 e. The second kappa shape index (κ2) is 8.83. The van der Waals surface area contributed by atoms with Crippen molar-refractivity contribution < 1.29 is 14.6 Å². The van der Waals surface area contributed by atoms with Crippen LogP contribution in [-0.4, -0.2) is 17.9 Å². The second-order valence-corrected chi connectivity index (χ2v) is 5.93. The van der Waals surface area contributed by atoms with Gasteiger partial charge < -0.3 is 5.32 Å². The lowest BCUT2D eigenvalue weighted by atomic mass is 9.99. The average molecular weight is 367 g/mol. The van der Waals surface area contributed by atoms with Gasteiger partial charge in [0, 0.05) is 17.3 Å². The number of amides is 1. The molecule has 0 aromatic heterocycles. The van der Waals surface area contributed by atoms with Crippen LogP contribution in [0.25, 0.3) is 0 Å². The summed E-state index contributed by atoms with van der Waals surface area (Å²) in [5, 5.41) is 14.7. The lowest BCUT2D eigenvalue weighted by Gasteiger charge is -2.18. The lowest BCUT2D eigenvalue weighted by molar-refractivity contribution is -0.385. The van der Waals surface area contributed by atoms with Crippen LogP contribution in [0.2, 0.25) is 0 Å². The highest BCUT2D eigenvalue weighted by molar-refractivity contribution is 6.01. The molecule has 7 nitrogen and oxygen atoms in total. The summed E-state index contributed by atoms with van der Waals surface area (Å²) in [6, 6.07) is 8.14. The zero-order valence-corrected chi connectivity index (χ0v) is 15.5. The fraction of sp³-hybridized carbons (Fsp3) is 0.250. The van der Waals surface area contributed by atoms with Crippen molar-refractivity contribution in [2.24, 2.45) is 0 Å². The zero-order chi connectivity index (χ0) is 20.0. The predicted octanol–water partition coefficient (Wildman–Crippen LogP) is 3.87. The molecule has 0 saturated carbocycles. The van der Waals surface area contributed by atoms with Gasteiger partial charge in [0.1, 0.15) is 0 Å². The molecule has 2 rings (SSSR count). The SMILES string of the molecule is C#Cc1ccc(Nc2c(C(=O)NOC)ccc([N+](=O)[O-])c2CCC)c(C)c1. The number of benzene rings is 2. The van der Waals surface area contributed by atoms with E-state index in [1.54, 1.807) is 12.1 Å². The van der Waals surface area contributed by atoms with Crippen molar-refractivity contribution in [3.63, 3.8) is 0 Å². The summed E-state index contributed by atoms with van der Waals surface area (Å²) in [6.45, 7) is 3.79. The minimum absolute atomic E-state index is 0.0359. The number of hydroxylamine groups is 1. The van der Waals surface area contributed by atoms with Crippen LogP contribution in [-0.2, 0) is 11.3 Å². The zero-order valence-electron chi connectivity index (χ0n) is 15.5. The molecule has 0 fully saturated rings. The highest BCUT2D eigenvalue weighted by Gasteiger charge is 2.24. The molecule has 0 atom stereocenters. The van der Waals surface area contributed by atoms with Gasteiger partial charge in [0.2, 0.25) is 0 Å². The third-order valence-corrected chi connectivity index (χ3v) is 4.08. The third-order valence-electron chi connectivity index (χ3n) is 4.08. The fourth-order valence-electron chi connectivity index (χ4n) is 2.82. The summed E-state index contributed by atoms with van der Waals surface area (Å²) in [7, 11) is 1.33. The van der Waals surface area contributed by atoms with Gasteiger partial charge in [0.05, 0.1) is 28.8 Å². The Labute approximate surface area is 157 Å². The third kappa shape index (κ3) is 4.43. The average Bonchev–Trinajstić information content (AvgIpc) is 2.64. The van der Waals surface area contributed by atoms with Crippen LogP contribution >= 0.6 is 0 Å². The topological polar surface area (TPSA) is 93.5 Å². The van der Waals surface area contributed by atoms with Gasteiger partial charge in [-0.15, -0.1) is 6.42 Å². The first-order chi connectivity index (χ1) is 12.9. The Balaban J connectivity index is 2.65. The van der Waals surface area contributed by atoms with E-state index in [0.717, 1.165) is 11.1 Å². The smallest absolute Gasteiger partial charge is 0.276 e. The lowest BCUT2D eigenvalue weighted by Crippen LogP contribution is -2.23. The number of nitro benzene ring substituents is 1. The molecule has 0 aliphatic heterocycles. The van der Waals surface area contributed by atoms with Crippen LogP contribution in [0, 0.1) is 29.4 Å². The maximum Gasteiger partial charge on any atom is 0.276 e. The number of nitro groups is 1. The number of rotatable bonds is 7. The Bertz CT molecular complexity index is 916. The second-order valence-electron chi connectivity index (χ2n) is 5.93. The highest BCUT2D eigenvalue weighted by Crippen LogP contribution is 2.34. The molecule has 140 valence electrons. The minimum Gasteiger partial charge on any atom is -0.354 e. The molecule has 2 aromatic rings. The number of hydrogen-bond donors (Lipinski definition) is 2. The fourth-order valence-corrected chi connectivity index (χ4v) is 2.82. The number of anilines is 2. The van der Waals surface area contributed by atoms with Crippen molar-refractivity contribution in [2.75, 3.05) is 12.4 Å². The van der Waals surface area contributed by atoms with Gasteiger partial charge in [-0.2, -0.15) is 0 Å². The van der Waals surface area contributed by atoms with Gasteiger partial charge in [0.15, 0.2) is 0 Å². The normalized spacial score (nSPS) is 10.1. The monoisotopic (exact) mass is 367 g/mol. The summed E-state index contributed by atoms with van der Waals surface area (Å²) in [6.07, 6.45) is 6.54. The quantitative estimate of drug-likeness (QED) is 0.440. The van der Waals surface area contributed by atoms with Crippen molar-refractivity contribution in [3.8, 4) is 12.3 Å². The van der Waals surface area contributed by atoms with E-state index >= 15 is 0 Å². The van der Waals surface area contributed by atoms with Crippen molar-refractivity contribution in [3.05, 3.63) is 62.7 Å². The first-order valence-corrected chi connectivity index (χ1v) is 8.40.